The zero-order chi connectivity index (χ0) is 39.1. The largest absolute Gasteiger partial charge is 0.456 e. The van der Waals surface area contributed by atoms with Gasteiger partial charge in [0.05, 0.1) is 11.1 Å². The number of benzene rings is 8. The SMILES string of the molecule is C/C=C\C(=C1\C=CC=CC1)N(c1ccc2c(c1)C1(c3ccccc3-c3ccccc31)c1ccccc1-2)c1ccccc1-c1ccc2oc3cc4ccccc4cc3c2c1. The Bertz CT molecular complexity index is 3270. The summed E-state index contributed by atoms with van der Waals surface area (Å²) in [6.45, 7) is 2.12. The molecular weight excluding hydrogens is 715 g/mol. The van der Waals surface area contributed by atoms with E-state index in [0.717, 1.165) is 56.6 Å². The van der Waals surface area contributed by atoms with Crippen LogP contribution in [0.15, 0.2) is 222 Å². The first-order valence-corrected chi connectivity index (χ1v) is 20.6. The molecule has 0 radical (unpaired) electrons. The van der Waals surface area contributed by atoms with Gasteiger partial charge in [0.15, 0.2) is 0 Å². The van der Waals surface area contributed by atoms with Crippen LogP contribution in [0.2, 0.25) is 0 Å². The maximum Gasteiger partial charge on any atom is 0.136 e. The molecule has 1 spiro atoms. The zero-order valence-electron chi connectivity index (χ0n) is 32.7. The summed E-state index contributed by atoms with van der Waals surface area (Å²) in [5.41, 5.74) is 18.9. The average Bonchev–Trinajstić information content (AvgIpc) is 3.91. The summed E-state index contributed by atoms with van der Waals surface area (Å²) in [7, 11) is 0. The molecule has 0 unspecified atom stereocenters. The van der Waals surface area contributed by atoms with E-state index in [1.54, 1.807) is 0 Å². The van der Waals surface area contributed by atoms with Crippen molar-refractivity contribution in [2.45, 2.75) is 18.8 Å². The Labute approximate surface area is 344 Å². The van der Waals surface area contributed by atoms with Gasteiger partial charge in [0, 0.05) is 27.7 Å². The third kappa shape index (κ3) is 4.87. The lowest BCUT2D eigenvalue weighted by molar-refractivity contribution is 0.669. The van der Waals surface area contributed by atoms with Crippen LogP contribution in [0.1, 0.15) is 35.6 Å². The molecule has 0 fully saturated rings. The summed E-state index contributed by atoms with van der Waals surface area (Å²) in [5, 5.41) is 4.64. The predicted molar refractivity (Wildman–Crippen MR) is 246 cm³/mol. The van der Waals surface area contributed by atoms with Crippen LogP contribution in [0.5, 0.6) is 0 Å². The number of nitrogens with zero attached hydrogens (tertiary/aromatic N) is 1. The molecule has 8 aromatic carbocycles. The molecule has 2 nitrogen and oxygen atoms in total. The maximum absolute atomic E-state index is 6.47. The Balaban J connectivity index is 1.12. The smallest absolute Gasteiger partial charge is 0.136 e. The molecule has 0 saturated carbocycles. The van der Waals surface area contributed by atoms with Crippen molar-refractivity contribution in [2.75, 3.05) is 4.90 Å². The lowest BCUT2D eigenvalue weighted by Crippen LogP contribution is -2.26. The molecule has 3 aliphatic carbocycles. The molecular formula is C57H39NO. The molecule has 1 heterocycles. The highest BCUT2D eigenvalue weighted by molar-refractivity contribution is 6.11. The molecule has 1 aromatic heterocycles. The van der Waals surface area contributed by atoms with Crippen molar-refractivity contribution in [3.8, 4) is 33.4 Å². The molecule has 0 atom stereocenters. The van der Waals surface area contributed by atoms with Crippen LogP contribution >= 0.6 is 0 Å². The fourth-order valence-corrected chi connectivity index (χ4v) is 10.4. The molecule has 0 aliphatic heterocycles. The van der Waals surface area contributed by atoms with E-state index in [2.05, 4.69) is 218 Å². The molecule has 0 N–H and O–H groups in total. The monoisotopic (exact) mass is 753 g/mol. The molecule has 0 saturated heterocycles. The zero-order valence-corrected chi connectivity index (χ0v) is 32.7. The fourth-order valence-electron chi connectivity index (χ4n) is 10.4. The molecule has 2 heteroatoms. The van der Waals surface area contributed by atoms with Gasteiger partial charge in [-0.2, -0.15) is 0 Å². The number of furan rings is 1. The number of hydrogen-bond acceptors (Lipinski definition) is 2. The van der Waals surface area contributed by atoms with Crippen LogP contribution in [0, 0.1) is 0 Å². The number of hydrogen-bond donors (Lipinski definition) is 0. The lowest BCUT2D eigenvalue weighted by Gasteiger charge is -2.33. The molecule has 59 heavy (non-hydrogen) atoms. The third-order valence-corrected chi connectivity index (χ3v) is 12.8. The van der Waals surface area contributed by atoms with Crippen molar-refractivity contribution in [2.24, 2.45) is 0 Å². The first-order valence-electron chi connectivity index (χ1n) is 20.6. The van der Waals surface area contributed by atoms with Crippen molar-refractivity contribution in [3.05, 3.63) is 240 Å². The first kappa shape index (κ1) is 33.7. The molecule has 0 bridgehead atoms. The van der Waals surface area contributed by atoms with E-state index in [0.29, 0.717) is 0 Å². The average molecular weight is 754 g/mol. The second-order valence-corrected chi connectivity index (χ2v) is 15.9. The second kappa shape index (κ2) is 13.1. The van der Waals surface area contributed by atoms with Crippen LogP contribution in [-0.4, -0.2) is 0 Å². The molecule has 278 valence electrons. The number of allylic oxidation sites excluding steroid dienone is 7. The summed E-state index contributed by atoms with van der Waals surface area (Å²) in [6.07, 6.45) is 14.1. The van der Waals surface area contributed by atoms with Crippen molar-refractivity contribution < 1.29 is 4.42 Å². The van der Waals surface area contributed by atoms with Crippen LogP contribution in [-0.2, 0) is 5.41 Å². The van der Waals surface area contributed by atoms with Gasteiger partial charge < -0.3 is 9.32 Å². The van der Waals surface area contributed by atoms with Gasteiger partial charge in [0.1, 0.15) is 11.2 Å². The van der Waals surface area contributed by atoms with Crippen LogP contribution < -0.4 is 4.90 Å². The van der Waals surface area contributed by atoms with Gasteiger partial charge >= 0.3 is 0 Å². The summed E-state index contributed by atoms with van der Waals surface area (Å²) < 4.78 is 6.47. The first-order chi connectivity index (χ1) is 29.2. The molecule has 0 amide bonds. The van der Waals surface area contributed by atoms with E-state index < -0.39 is 5.41 Å². The fraction of sp³-hybridized carbons (Fsp3) is 0.0526. The van der Waals surface area contributed by atoms with E-state index >= 15 is 0 Å². The summed E-state index contributed by atoms with van der Waals surface area (Å²) in [6, 6.07) is 62.9. The normalized spacial score (nSPS) is 15.3. The summed E-state index contributed by atoms with van der Waals surface area (Å²) in [5.74, 6) is 0. The Hall–Kier alpha value is -7.42. The minimum atomic E-state index is -0.445. The van der Waals surface area contributed by atoms with Gasteiger partial charge in [-0.1, -0.05) is 158 Å². The standard InChI is InChI=1S/C57H39NO/c1-2-16-53(37-17-4-3-5-18-37)58(54-28-15-11-21-42(54)40-29-32-55-47(34-40)48-33-38-19-6-7-20-39(38)35-56(48)59-55)41-30-31-46-45-24-10-14-27-51(45)57(52(46)36-41)49-25-12-8-22-43(49)44-23-9-13-26-50(44)57/h2-17,19-36H,18H2,1H3/b16-2-,53-37+. The van der Waals surface area contributed by atoms with Crippen LogP contribution in [0.3, 0.4) is 0 Å². The van der Waals surface area contributed by atoms with E-state index in [1.807, 2.05) is 0 Å². The quantitative estimate of drug-likeness (QED) is 0.174. The lowest BCUT2D eigenvalue weighted by atomic mass is 9.70. The van der Waals surface area contributed by atoms with Gasteiger partial charge in [0.25, 0.3) is 0 Å². The van der Waals surface area contributed by atoms with E-state index in [9.17, 15) is 0 Å². The molecule has 12 rings (SSSR count). The molecule has 9 aromatic rings. The third-order valence-electron chi connectivity index (χ3n) is 12.8. The Morgan fingerprint density at radius 3 is 1.83 bits per heavy atom. The number of fused-ring (bicyclic) bond motifs is 14. The summed E-state index contributed by atoms with van der Waals surface area (Å²) >= 11 is 0. The van der Waals surface area contributed by atoms with Gasteiger partial charge in [-0.15, -0.1) is 0 Å². The predicted octanol–water partition coefficient (Wildman–Crippen LogP) is 15.2. The Morgan fingerprint density at radius 2 is 1.15 bits per heavy atom. The Morgan fingerprint density at radius 1 is 0.542 bits per heavy atom. The minimum absolute atomic E-state index is 0.445. The highest BCUT2D eigenvalue weighted by Gasteiger charge is 2.51. The summed E-state index contributed by atoms with van der Waals surface area (Å²) in [4.78, 5) is 2.50. The number of rotatable bonds is 5. The van der Waals surface area contributed by atoms with Crippen LogP contribution in [0.25, 0.3) is 66.1 Å². The van der Waals surface area contributed by atoms with Crippen LogP contribution in [0.4, 0.5) is 11.4 Å². The van der Waals surface area contributed by atoms with Crippen molar-refractivity contribution in [1.29, 1.82) is 0 Å². The number of anilines is 2. The minimum Gasteiger partial charge on any atom is -0.456 e. The van der Waals surface area contributed by atoms with Gasteiger partial charge in [-0.3, -0.25) is 0 Å². The Kier molecular flexibility index (Phi) is 7.46. The maximum atomic E-state index is 6.47. The van der Waals surface area contributed by atoms with E-state index in [1.165, 1.54) is 60.9 Å². The second-order valence-electron chi connectivity index (χ2n) is 15.9. The highest BCUT2D eigenvalue weighted by atomic mass is 16.3. The van der Waals surface area contributed by atoms with Crippen molar-refractivity contribution in [3.63, 3.8) is 0 Å². The van der Waals surface area contributed by atoms with Crippen molar-refractivity contribution >= 4 is 44.1 Å². The van der Waals surface area contributed by atoms with Gasteiger partial charge in [-0.25, -0.2) is 0 Å². The van der Waals surface area contributed by atoms with Crippen molar-refractivity contribution in [1.82, 2.24) is 0 Å². The van der Waals surface area contributed by atoms with Gasteiger partial charge in [-0.05, 0) is 128 Å². The van der Waals surface area contributed by atoms with E-state index in [4.69, 9.17) is 4.42 Å². The van der Waals surface area contributed by atoms with E-state index in [-0.39, 0.29) is 0 Å². The topological polar surface area (TPSA) is 16.4 Å². The van der Waals surface area contributed by atoms with Gasteiger partial charge in [0.2, 0.25) is 0 Å². The number of para-hydroxylation sites is 1. The molecule has 3 aliphatic rings. The highest BCUT2D eigenvalue weighted by Crippen LogP contribution is 2.63.